The largest absolute Gasteiger partial charge is 0.370 e. The summed E-state index contributed by atoms with van der Waals surface area (Å²) >= 11 is 0. The number of ether oxygens (including phenoxy) is 1. The average molecular weight is 353 g/mol. The molecule has 0 bridgehead atoms. The van der Waals surface area contributed by atoms with Gasteiger partial charge in [-0.05, 0) is 86.7 Å². The van der Waals surface area contributed by atoms with Crippen LogP contribution in [0.5, 0.6) is 0 Å². The number of fused-ring (bicyclic) bond motifs is 6. The minimum atomic E-state index is -0.109. The van der Waals surface area contributed by atoms with Crippen LogP contribution in [0.4, 0.5) is 0 Å². The zero-order valence-electron chi connectivity index (χ0n) is 16.2. The fraction of sp³-hybridized carbons (Fsp3) is 0.708. The monoisotopic (exact) mass is 352 g/mol. The first kappa shape index (κ1) is 17.0. The van der Waals surface area contributed by atoms with Crippen LogP contribution < -0.4 is 0 Å². The predicted molar refractivity (Wildman–Crippen MR) is 104 cm³/mol. The quantitative estimate of drug-likeness (QED) is 0.546. The summed E-state index contributed by atoms with van der Waals surface area (Å²) in [5, 5.41) is 0. The van der Waals surface area contributed by atoms with Crippen LogP contribution in [0.15, 0.2) is 36.0 Å². The maximum absolute atomic E-state index is 11.9. The molecule has 6 atom stereocenters. The third-order valence-corrected chi connectivity index (χ3v) is 8.86. The number of hydrogen-bond donors (Lipinski definition) is 0. The Morgan fingerprint density at radius 1 is 1.15 bits per heavy atom. The number of allylic oxidation sites excluding steroid dienone is 2. The van der Waals surface area contributed by atoms with Crippen molar-refractivity contribution in [1.82, 2.24) is 0 Å². The van der Waals surface area contributed by atoms with Crippen LogP contribution in [0.25, 0.3) is 0 Å². The van der Waals surface area contributed by atoms with Gasteiger partial charge in [-0.15, -0.1) is 0 Å². The molecule has 4 aliphatic carbocycles. The average Bonchev–Trinajstić information content (AvgIpc) is 2.90. The maximum atomic E-state index is 11.9. The van der Waals surface area contributed by atoms with Crippen LogP contribution >= 0.6 is 0 Å². The highest BCUT2D eigenvalue weighted by Gasteiger charge is 2.65. The van der Waals surface area contributed by atoms with Gasteiger partial charge in [0.15, 0.2) is 5.78 Å². The number of carbonyl (C=O) groups excluding carboxylic acids is 1. The molecule has 26 heavy (non-hydrogen) atoms. The van der Waals surface area contributed by atoms with Gasteiger partial charge >= 0.3 is 0 Å². The normalized spacial score (nSPS) is 48.0. The van der Waals surface area contributed by atoms with Gasteiger partial charge in [0.2, 0.25) is 0 Å². The minimum absolute atomic E-state index is 0.109. The molecule has 3 saturated carbocycles. The van der Waals surface area contributed by atoms with Gasteiger partial charge in [0.05, 0.1) is 5.60 Å². The van der Waals surface area contributed by atoms with E-state index in [1.165, 1.54) is 29.6 Å². The lowest BCUT2D eigenvalue weighted by molar-refractivity contribution is -0.133. The molecular weight excluding hydrogens is 320 g/mol. The highest BCUT2D eigenvalue weighted by atomic mass is 16.5. The lowest BCUT2D eigenvalue weighted by atomic mass is 9.48. The molecule has 2 nitrogen and oxygen atoms in total. The molecule has 2 heteroatoms. The van der Waals surface area contributed by atoms with Crippen LogP contribution in [-0.2, 0) is 9.53 Å². The van der Waals surface area contributed by atoms with Crippen LogP contribution in [0.2, 0.25) is 0 Å². The van der Waals surface area contributed by atoms with Gasteiger partial charge in [0, 0.05) is 18.4 Å². The fourth-order valence-electron chi connectivity index (χ4n) is 7.85. The van der Waals surface area contributed by atoms with Crippen LogP contribution in [-0.4, -0.2) is 18.0 Å². The van der Waals surface area contributed by atoms with Crippen molar-refractivity contribution >= 4 is 5.78 Å². The molecular formula is C24H32O2. The molecule has 1 spiro atoms. The van der Waals surface area contributed by atoms with Crippen molar-refractivity contribution in [2.24, 2.45) is 29.1 Å². The van der Waals surface area contributed by atoms with E-state index in [1.807, 2.05) is 6.08 Å². The van der Waals surface area contributed by atoms with E-state index in [4.69, 9.17) is 4.74 Å². The summed E-state index contributed by atoms with van der Waals surface area (Å²) in [6, 6.07) is 0. The van der Waals surface area contributed by atoms with Gasteiger partial charge in [-0.25, -0.2) is 0 Å². The Morgan fingerprint density at radius 2 is 2.00 bits per heavy atom. The smallest absolute Gasteiger partial charge is 0.155 e. The summed E-state index contributed by atoms with van der Waals surface area (Å²) < 4.78 is 6.56. The molecule has 0 amide bonds. The number of hydrogen-bond acceptors (Lipinski definition) is 2. The predicted octanol–water partition coefficient (Wildman–Crippen LogP) is 5.40. The topological polar surface area (TPSA) is 26.3 Å². The van der Waals surface area contributed by atoms with Crippen molar-refractivity contribution in [2.75, 3.05) is 6.61 Å². The molecule has 4 fully saturated rings. The Kier molecular flexibility index (Phi) is 3.71. The maximum Gasteiger partial charge on any atom is 0.155 e. The van der Waals surface area contributed by atoms with Crippen LogP contribution in [0, 0.1) is 29.1 Å². The highest BCUT2D eigenvalue weighted by Crippen LogP contribution is 2.68. The van der Waals surface area contributed by atoms with Gasteiger partial charge in [0.25, 0.3) is 0 Å². The van der Waals surface area contributed by atoms with E-state index >= 15 is 0 Å². The van der Waals surface area contributed by atoms with Crippen molar-refractivity contribution in [3.63, 3.8) is 0 Å². The Bertz CT molecular complexity index is 716. The molecule has 5 aliphatic rings. The summed E-state index contributed by atoms with van der Waals surface area (Å²) in [4.78, 5) is 11.9. The summed E-state index contributed by atoms with van der Waals surface area (Å²) in [7, 11) is 0. The summed E-state index contributed by atoms with van der Waals surface area (Å²) in [6.45, 7) is 12.5. The van der Waals surface area contributed by atoms with Crippen LogP contribution in [0.3, 0.4) is 0 Å². The van der Waals surface area contributed by atoms with Gasteiger partial charge in [-0.1, -0.05) is 31.2 Å². The lowest BCUT2D eigenvalue weighted by Gasteiger charge is -2.58. The van der Waals surface area contributed by atoms with Crippen molar-refractivity contribution in [2.45, 2.75) is 70.3 Å². The molecule has 0 N–H and O–H groups in total. The van der Waals surface area contributed by atoms with Crippen molar-refractivity contribution in [1.29, 1.82) is 0 Å². The molecule has 5 rings (SSSR count). The van der Waals surface area contributed by atoms with Crippen molar-refractivity contribution in [3.05, 3.63) is 36.0 Å². The second-order valence-corrected chi connectivity index (χ2v) is 9.84. The second-order valence-electron chi connectivity index (χ2n) is 9.84. The van der Waals surface area contributed by atoms with E-state index in [1.54, 1.807) is 0 Å². The van der Waals surface area contributed by atoms with Gasteiger partial charge in [0.1, 0.15) is 0 Å². The summed E-state index contributed by atoms with van der Waals surface area (Å²) in [5.41, 5.74) is 4.26. The Labute approximate surface area is 157 Å². The number of carbonyl (C=O) groups is 1. The van der Waals surface area contributed by atoms with Crippen molar-refractivity contribution in [3.8, 4) is 0 Å². The second kappa shape index (κ2) is 5.67. The van der Waals surface area contributed by atoms with Gasteiger partial charge in [-0.2, -0.15) is 0 Å². The molecule has 1 aliphatic heterocycles. The first-order chi connectivity index (χ1) is 12.5. The SMILES string of the molecule is C=C1C[C@@]2(C)[C@@H](CCC23OCCCC3=C)[C@@H]2CCC3=CC(=O)CC[C@@H]3[C@@H]12. The molecule has 0 aromatic heterocycles. The number of ketones is 1. The lowest BCUT2D eigenvalue weighted by Crippen LogP contribution is -2.56. The Balaban J connectivity index is 1.52. The highest BCUT2D eigenvalue weighted by molar-refractivity contribution is 5.91. The standard InChI is InChI=1S/C24H32O2/c1-15-14-23(3)21(10-11-24(23)16(2)5-4-12-26-24)20-8-6-17-13-18(25)7-9-19(17)22(15)20/h13,19-22H,1-2,4-12,14H2,3H3/t19-,20-,21-,22+,23-,24?/m0/s1. The van der Waals surface area contributed by atoms with E-state index in [-0.39, 0.29) is 11.0 Å². The zero-order chi connectivity index (χ0) is 18.1. The number of rotatable bonds is 0. The third kappa shape index (κ3) is 2.06. The third-order valence-electron chi connectivity index (χ3n) is 8.86. The van der Waals surface area contributed by atoms with E-state index in [9.17, 15) is 4.79 Å². The fourth-order valence-corrected chi connectivity index (χ4v) is 7.85. The van der Waals surface area contributed by atoms with Gasteiger partial charge in [-0.3, -0.25) is 4.79 Å². The molecule has 1 saturated heterocycles. The summed E-state index contributed by atoms with van der Waals surface area (Å²) in [6.07, 6.45) is 11.8. The van der Waals surface area contributed by atoms with Crippen molar-refractivity contribution < 1.29 is 9.53 Å². The first-order valence-corrected chi connectivity index (χ1v) is 10.7. The first-order valence-electron chi connectivity index (χ1n) is 10.7. The van der Waals surface area contributed by atoms with Gasteiger partial charge < -0.3 is 4.74 Å². The molecule has 0 aromatic carbocycles. The summed E-state index contributed by atoms with van der Waals surface area (Å²) in [5.74, 6) is 2.94. The molecule has 1 unspecified atom stereocenters. The van der Waals surface area contributed by atoms with E-state index in [2.05, 4.69) is 20.1 Å². The Morgan fingerprint density at radius 3 is 2.81 bits per heavy atom. The van der Waals surface area contributed by atoms with E-state index in [0.29, 0.717) is 29.5 Å². The van der Waals surface area contributed by atoms with E-state index < -0.39 is 0 Å². The molecule has 140 valence electrons. The molecule has 0 aromatic rings. The minimum Gasteiger partial charge on any atom is -0.370 e. The van der Waals surface area contributed by atoms with Crippen LogP contribution in [0.1, 0.15) is 64.7 Å². The van der Waals surface area contributed by atoms with E-state index in [0.717, 1.165) is 51.6 Å². The Hall–Kier alpha value is -1.15. The zero-order valence-corrected chi connectivity index (χ0v) is 16.2. The molecule has 1 heterocycles. The molecule has 0 radical (unpaired) electrons.